The molecule has 4 N–H and O–H groups in total. The van der Waals surface area contributed by atoms with Gasteiger partial charge in [0.05, 0.1) is 0 Å². The Labute approximate surface area is 186 Å². The van der Waals surface area contributed by atoms with Crippen molar-refractivity contribution in [2.24, 2.45) is 31.7 Å². The van der Waals surface area contributed by atoms with Crippen LogP contribution in [0.5, 0.6) is 0 Å². The number of hydrogen-bond acceptors (Lipinski definition) is 4. The fraction of sp³-hybridized carbons (Fsp3) is 0.917. The van der Waals surface area contributed by atoms with Crippen LogP contribution in [0.1, 0.15) is 119 Å². The van der Waals surface area contributed by atoms with Crippen LogP contribution in [-0.2, 0) is 0 Å². The molecule has 0 aromatic rings. The molecule has 0 saturated carbocycles. The molecular weight excluding hydrogens is 372 g/mol. The lowest BCUT2D eigenvalue weighted by molar-refractivity contribution is 0.554. The van der Waals surface area contributed by atoms with Gasteiger partial charge < -0.3 is 11.5 Å². The average Bonchev–Trinajstić information content (AvgIpc) is 2.70. The van der Waals surface area contributed by atoms with Crippen molar-refractivity contribution in [3.05, 3.63) is 0 Å². The summed E-state index contributed by atoms with van der Waals surface area (Å²) in [5.74, 6) is 1.05. The van der Waals surface area contributed by atoms with E-state index in [0.717, 1.165) is 25.9 Å². The van der Waals surface area contributed by atoms with Gasteiger partial charge in [-0.1, -0.05) is 78.1 Å². The monoisotopic (exact) mass is 422 g/mol. The number of aliphatic imine (C=N–C) groups is 2. The van der Waals surface area contributed by atoms with Gasteiger partial charge in [-0.05, 0) is 40.5 Å². The van der Waals surface area contributed by atoms with Gasteiger partial charge in [-0.25, -0.2) is 0 Å². The summed E-state index contributed by atoms with van der Waals surface area (Å²) < 4.78 is 0. The third-order valence-corrected chi connectivity index (χ3v) is 5.39. The highest BCUT2D eigenvalue weighted by molar-refractivity contribution is 5.90. The molecule has 0 aliphatic heterocycles. The maximum atomic E-state index is 6.20. The summed E-state index contributed by atoms with van der Waals surface area (Å²) in [4.78, 5) is 9.06. The van der Waals surface area contributed by atoms with Gasteiger partial charge in [0, 0.05) is 13.1 Å². The predicted octanol–water partition coefficient (Wildman–Crippen LogP) is 6.43. The predicted molar refractivity (Wildman–Crippen MR) is 133 cm³/mol. The highest BCUT2D eigenvalue weighted by Crippen LogP contribution is 2.17. The maximum absolute atomic E-state index is 6.20. The minimum atomic E-state index is -0.640. The van der Waals surface area contributed by atoms with Crippen LogP contribution >= 0.6 is 0 Å². The molecule has 0 bridgehead atoms. The second-order valence-electron chi connectivity index (χ2n) is 9.39. The maximum Gasteiger partial charge on any atom is 0.132 e. The fourth-order valence-corrected chi connectivity index (χ4v) is 2.92. The van der Waals surface area contributed by atoms with Gasteiger partial charge in [-0.15, -0.1) is 0 Å². The molecule has 0 aliphatic rings. The SMILES string of the molecule is CCCCCCCCN=C(N)C(C)(C)N=NC(C)(C)C(N)=NCCCCCCCC. The highest BCUT2D eigenvalue weighted by atomic mass is 15.2. The van der Waals surface area contributed by atoms with Crippen LogP contribution in [0, 0.1) is 0 Å². The zero-order chi connectivity index (χ0) is 22.9. The fourth-order valence-electron chi connectivity index (χ4n) is 2.92. The van der Waals surface area contributed by atoms with Gasteiger partial charge in [-0.2, -0.15) is 10.2 Å². The van der Waals surface area contributed by atoms with Gasteiger partial charge in [0.2, 0.25) is 0 Å². The third kappa shape index (κ3) is 13.7. The largest absolute Gasteiger partial charge is 0.385 e. The quantitative estimate of drug-likeness (QED) is 0.115. The van der Waals surface area contributed by atoms with Crippen LogP contribution < -0.4 is 11.5 Å². The van der Waals surface area contributed by atoms with Crippen molar-refractivity contribution in [3.63, 3.8) is 0 Å². The molecule has 0 spiro atoms. The lowest BCUT2D eigenvalue weighted by atomic mass is 10.0. The van der Waals surface area contributed by atoms with Gasteiger partial charge in [0.1, 0.15) is 22.7 Å². The van der Waals surface area contributed by atoms with Crippen LogP contribution in [0.25, 0.3) is 0 Å². The summed E-state index contributed by atoms with van der Waals surface area (Å²) in [5.41, 5.74) is 11.1. The first kappa shape index (κ1) is 28.5. The molecule has 0 amide bonds. The smallest absolute Gasteiger partial charge is 0.132 e. The van der Waals surface area contributed by atoms with Crippen molar-refractivity contribution >= 4 is 11.7 Å². The Morgan fingerprint density at radius 1 is 0.533 bits per heavy atom. The van der Waals surface area contributed by atoms with Crippen LogP contribution in [0.2, 0.25) is 0 Å². The molecule has 0 unspecified atom stereocenters. The molecule has 0 heterocycles. The van der Waals surface area contributed by atoms with E-state index in [1.807, 2.05) is 27.7 Å². The first-order valence-electron chi connectivity index (χ1n) is 12.2. The third-order valence-electron chi connectivity index (χ3n) is 5.39. The molecule has 0 aromatic heterocycles. The Morgan fingerprint density at radius 3 is 1.17 bits per heavy atom. The molecular formula is C24H50N6. The Morgan fingerprint density at radius 2 is 0.833 bits per heavy atom. The van der Waals surface area contributed by atoms with Crippen molar-refractivity contribution < 1.29 is 0 Å². The lowest BCUT2D eigenvalue weighted by Gasteiger charge is -2.22. The number of azo groups is 1. The number of nitrogens with zero attached hydrogens (tertiary/aromatic N) is 4. The molecule has 176 valence electrons. The Kier molecular flexibility index (Phi) is 15.5. The lowest BCUT2D eigenvalue weighted by Crippen LogP contribution is -2.40. The van der Waals surface area contributed by atoms with Crippen LogP contribution in [-0.4, -0.2) is 35.8 Å². The van der Waals surface area contributed by atoms with Gasteiger partial charge >= 0.3 is 0 Å². The average molecular weight is 423 g/mol. The van der Waals surface area contributed by atoms with Gasteiger partial charge in [0.15, 0.2) is 0 Å². The van der Waals surface area contributed by atoms with Crippen LogP contribution in [0.3, 0.4) is 0 Å². The van der Waals surface area contributed by atoms with Crippen LogP contribution in [0.4, 0.5) is 0 Å². The van der Waals surface area contributed by atoms with Crippen molar-refractivity contribution in [1.29, 1.82) is 0 Å². The number of nitrogens with two attached hydrogens (primary N) is 2. The molecule has 0 saturated heterocycles. The zero-order valence-electron chi connectivity index (χ0n) is 20.8. The standard InChI is InChI=1S/C24H50N6/c1-7-9-11-13-15-17-19-27-21(25)23(3,4)29-30-24(5,6)22(26)28-20-18-16-14-12-10-8-2/h7-20H2,1-6H3,(H2,25,27)(H2,26,28). The van der Waals surface area contributed by atoms with Crippen molar-refractivity contribution in [3.8, 4) is 0 Å². The van der Waals surface area contributed by atoms with E-state index in [4.69, 9.17) is 11.5 Å². The number of amidine groups is 2. The summed E-state index contributed by atoms with van der Waals surface area (Å²) in [6, 6.07) is 0. The van der Waals surface area contributed by atoms with Crippen LogP contribution in [0.15, 0.2) is 20.2 Å². The molecule has 0 rings (SSSR count). The van der Waals surface area contributed by atoms with Crippen molar-refractivity contribution in [1.82, 2.24) is 0 Å². The summed E-state index contributed by atoms with van der Waals surface area (Å²) in [6.45, 7) is 13.7. The van der Waals surface area contributed by atoms with Gasteiger partial charge in [0.25, 0.3) is 0 Å². The Hall–Kier alpha value is -1.46. The Bertz CT molecular complexity index is 474. The number of rotatable bonds is 18. The van der Waals surface area contributed by atoms with Crippen molar-refractivity contribution in [2.75, 3.05) is 13.1 Å². The second kappa shape index (κ2) is 16.3. The second-order valence-corrected chi connectivity index (χ2v) is 9.39. The highest BCUT2D eigenvalue weighted by Gasteiger charge is 2.27. The molecule has 30 heavy (non-hydrogen) atoms. The van der Waals surface area contributed by atoms with E-state index < -0.39 is 11.1 Å². The molecule has 0 aromatic carbocycles. The number of unbranched alkanes of at least 4 members (excludes halogenated alkanes) is 10. The zero-order valence-corrected chi connectivity index (χ0v) is 20.8. The summed E-state index contributed by atoms with van der Waals surface area (Å²) >= 11 is 0. The van der Waals surface area contributed by atoms with E-state index in [1.54, 1.807) is 0 Å². The minimum Gasteiger partial charge on any atom is -0.385 e. The first-order valence-corrected chi connectivity index (χ1v) is 12.2. The molecule has 6 heteroatoms. The van der Waals surface area contributed by atoms with Gasteiger partial charge in [-0.3, -0.25) is 9.98 Å². The number of hydrogen-bond donors (Lipinski definition) is 2. The molecule has 0 atom stereocenters. The van der Waals surface area contributed by atoms with E-state index in [9.17, 15) is 0 Å². The van der Waals surface area contributed by atoms with Crippen molar-refractivity contribution in [2.45, 2.75) is 130 Å². The molecule has 0 fully saturated rings. The minimum absolute atomic E-state index is 0.526. The molecule has 6 nitrogen and oxygen atoms in total. The summed E-state index contributed by atoms with van der Waals surface area (Å²) in [7, 11) is 0. The van der Waals surface area contributed by atoms with E-state index >= 15 is 0 Å². The first-order chi connectivity index (χ1) is 14.2. The molecule has 0 radical (unpaired) electrons. The summed E-state index contributed by atoms with van der Waals surface area (Å²) in [5, 5.41) is 8.95. The van der Waals surface area contributed by atoms with E-state index in [2.05, 4.69) is 34.1 Å². The normalized spacial score (nSPS) is 14.1. The van der Waals surface area contributed by atoms with E-state index in [0.29, 0.717) is 11.7 Å². The topological polar surface area (TPSA) is 101 Å². The molecule has 0 aliphatic carbocycles. The van der Waals surface area contributed by atoms with E-state index in [-0.39, 0.29) is 0 Å². The Balaban J connectivity index is 4.50. The summed E-state index contributed by atoms with van der Waals surface area (Å²) in [6.07, 6.45) is 14.9. The van der Waals surface area contributed by atoms with E-state index in [1.165, 1.54) is 64.2 Å².